The molecule has 3 nitrogen and oxygen atoms in total. The Morgan fingerprint density at radius 3 is 2.56 bits per heavy atom. The zero-order valence-electron chi connectivity index (χ0n) is 10.7. The summed E-state index contributed by atoms with van der Waals surface area (Å²) >= 11 is 0. The average Bonchev–Trinajstić information content (AvgIpc) is 2.33. The van der Waals surface area contributed by atoms with E-state index >= 15 is 0 Å². The van der Waals surface area contributed by atoms with Gasteiger partial charge in [-0.05, 0) is 70.7 Å². The van der Waals surface area contributed by atoms with Crippen molar-refractivity contribution in [1.82, 2.24) is 10.2 Å². The first-order valence-electron chi connectivity index (χ1n) is 6.90. The molecule has 2 N–H and O–H groups in total. The molecular weight excluding hydrogens is 200 g/mol. The van der Waals surface area contributed by atoms with E-state index in [0.29, 0.717) is 6.61 Å². The van der Waals surface area contributed by atoms with Gasteiger partial charge in [0.1, 0.15) is 0 Å². The van der Waals surface area contributed by atoms with Crippen molar-refractivity contribution in [1.29, 1.82) is 0 Å². The van der Waals surface area contributed by atoms with E-state index in [1.165, 1.54) is 51.9 Å². The zero-order chi connectivity index (χ0) is 11.6. The van der Waals surface area contributed by atoms with E-state index in [1.54, 1.807) is 0 Å². The van der Waals surface area contributed by atoms with Crippen LogP contribution < -0.4 is 5.32 Å². The van der Waals surface area contributed by atoms with Gasteiger partial charge in [-0.1, -0.05) is 6.92 Å². The van der Waals surface area contributed by atoms with Crippen LogP contribution in [0.5, 0.6) is 0 Å². The Morgan fingerprint density at radius 1 is 1.19 bits per heavy atom. The quantitative estimate of drug-likeness (QED) is 0.618. The Morgan fingerprint density at radius 2 is 1.94 bits per heavy atom. The Hall–Kier alpha value is -0.120. The van der Waals surface area contributed by atoms with E-state index in [4.69, 9.17) is 5.11 Å². The van der Waals surface area contributed by atoms with Gasteiger partial charge in [0, 0.05) is 6.61 Å². The molecule has 0 aromatic heterocycles. The second-order valence-electron chi connectivity index (χ2n) is 4.88. The number of nitrogens with one attached hydrogen (secondary N) is 1. The first kappa shape index (κ1) is 13.9. The van der Waals surface area contributed by atoms with Crippen LogP contribution in [0.15, 0.2) is 0 Å². The third-order valence-corrected chi connectivity index (χ3v) is 3.52. The van der Waals surface area contributed by atoms with Crippen molar-refractivity contribution in [3.8, 4) is 0 Å². The van der Waals surface area contributed by atoms with Crippen LogP contribution in [0, 0.1) is 5.92 Å². The molecule has 0 spiro atoms. The molecule has 0 atom stereocenters. The Kier molecular flexibility index (Phi) is 7.81. The fourth-order valence-corrected chi connectivity index (χ4v) is 2.39. The maximum Gasteiger partial charge on any atom is 0.0431 e. The Balaban J connectivity index is 1.98. The highest BCUT2D eigenvalue weighted by Crippen LogP contribution is 2.16. The van der Waals surface area contributed by atoms with Crippen molar-refractivity contribution in [2.24, 2.45) is 5.92 Å². The second-order valence-corrected chi connectivity index (χ2v) is 4.88. The van der Waals surface area contributed by atoms with Crippen molar-refractivity contribution < 1.29 is 5.11 Å². The molecule has 96 valence electrons. The lowest BCUT2D eigenvalue weighted by Crippen LogP contribution is -2.37. The normalized spacial score (nSPS) is 19.1. The van der Waals surface area contributed by atoms with E-state index in [9.17, 15) is 0 Å². The van der Waals surface area contributed by atoms with Crippen molar-refractivity contribution in [2.45, 2.75) is 39.0 Å². The molecule has 0 aromatic rings. The van der Waals surface area contributed by atoms with Gasteiger partial charge in [0.25, 0.3) is 0 Å². The van der Waals surface area contributed by atoms with E-state index < -0.39 is 0 Å². The average molecular weight is 228 g/mol. The van der Waals surface area contributed by atoms with Crippen molar-refractivity contribution >= 4 is 0 Å². The molecule has 1 rings (SSSR count). The first-order chi connectivity index (χ1) is 7.86. The van der Waals surface area contributed by atoms with E-state index in [-0.39, 0.29) is 0 Å². The van der Waals surface area contributed by atoms with Gasteiger partial charge in [0.2, 0.25) is 0 Å². The third kappa shape index (κ3) is 5.83. The van der Waals surface area contributed by atoms with Gasteiger partial charge in [0.15, 0.2) is 0 Å². The molecule has 0 unspecified atom stereocenters. The summed E-state index contributed by atoms with van der Waals surface area (Å²) in [7, 11) is 0. The molecule has 3 heteroatoms. The van der Waals surface area contributed by atoms with Gasteiger partial charge in [-0.2, -0.15) is 0 Å². The zero-order valence-corrected chi connectivity index (χ0v) is 10.7. The van der Waals surface area contributed by atoms with E-state index in [2.05, 4.69) is 17.1 Å². The smallest absolute Gasteiger partial charge is 0.0431 e. The third-order valence-electron chi connectivity index (χ3n) is 3.52. The minimum absolute atomic E-state index is 0.352. The number of nitrogens with zero attached hydrogens (tertiary/aromatic N) is 1. The molecule has 1 aliphatic rings. The number of likely N-dealkylation sites (tertiary alicyclic amines) is 1. The maximum absolute atomic E-state index is 8.70. The van der Waals surface area contributed by atoms with Gasteiger partial charge in [-0.15, -0.1) is 0 Å². The molecule has 1 fully saturated rings. The van der Waals surface area contributed by atoms with E-state index in [0.717, 1.165) is 18.9 Å². The molecular formula is C13H28N2O. The van der Waals surface area contributed by atoms with Crippen LogP contribution in [-0.2, 0) is 0 Å². The van der Waals surface area contributed by atoms with Crippen LogP contribution in [-0.4, -0.2) is 49.3 Å². The Bertz CT molecular complexity index is 156. The lowest BCUT2D eigenvalue weighted by molar-refractivity contribution is 0.178. The fourth-order valence-electron chi connectivity index (χ4n) is 2.39. The predicted molar refractivity (Wildman–Crippen MR) is 68.6 cm³/mol. The van der Waals surface area contributed by atoms with Crippen LogP contribution in [0.3, 0.4) is 0 Å². The number of aliphatic hydroxyl groups excluding tert-OH is 1. The molecule has 0 amide bonds. The summed E-state index contributed by atoms with van der Waals surface area (Å²) in [5, 5.41) is 12.1. The summed E-state index contributed by atoms with van der Waals surface area (Å²) in [6, 6.07) is 0. The highest BCUT2D eigenvalue weighted by atomic mass is 16.2. The molecule has 16 heavy (non-hydrogen) atoms. The highest BCUT2D eigenvalue weighted by molar-refractivity contribution is 4.73. The fraction of sp³-hybridized carbons (Fsp3) is 1.00. The van der Waals surface area contributed by atoms with Gasteiger partial charge < -0.3 is 15.3 Å². The second kappa shape index (κ2) is 8.97. The molecule has 0 bridgehead atoms. The van der Waals surface area contributed by atoms with Gasteiger partial charge in [-0.3, -0.25) is 0 Å². The maximum atomic E-state index is 8.70. The van der Waals surface area contributed by atoms with Crippen LogP contribution in [0.1, 0.15) is 39.0 Å². The summed E-state index contributed by atoms with van der Waals surface area (Å²) in [6.45, 7) is 8.61. The highest BCUT2D eigenvalue weighted by Gasteiger charge is 2.17. The summed E-state index contributed by atoms with van der Waals surface area (Å²) in [4.78, 5) is 2.58. The molecule has 1 aliphatic heterocycles. The molecule has 0 aliphatic carbocycles. The largest absolute Gasteiger partial charge is 0.396 e. The summed E-state index contributed by atoms with van der Waals surface area (Å²) in [5.74, 6) is 0.897. The van der Waals surface area contributed by atoms with Crippen LogP contribution in [0.4, 0.5) is 0 Å². The summed E-state index contributed by atoms with van der Waals surface area (Å²) in [6.07, 6.45) is 6.10. The number of hydrogen-bond donors (Lipinski definition) is 2. The molecule has 0 radical (unpaired) electrons. The molecule has 1 heterocycles. The predicted octanol–water partition coefficient (Wildman–Crippen LogP) is 1.47. The van der Waals surface area contributed by atoms with Gasteiger partial charge >= 0.3 is 0 Å². The topological polar surface area (TPSA) is 35.5 Å². The monoisotopic (exact) mass is 228 g/mol. The van der Waals surface area contributed by atoms with Crippen molar-refractivity contribution in [2.75, 3.05) is 39.3 Å². The summed E-state index contributed by atoms with van der Waals surface area (Å²) < 4.78 is 0. The van der Waals surface area contributed by atoms with Crippen LogP contribution >= 0.6 is 0 Å². The standard InChI is InChI=1S/C13H28N2O/c1-2-14-12-13-6-9-15(10-7-13)8-4-3-5-11-16/h13-14,16H,2-12H2,1H3. The lowest BCUT2D eigenvalue weighted by Gasteiger charge is -2.32. The number of piperidine rings is 1. The molecule has 0 aromatic carbocycles. The number of aliphatic hydroxyl groups is 1. The minimum Gasteiger partial charge on any atom is -0.396 e. The first-order valence-corrected chi connectivity index (χ1v) is 6.90. The molecule has 0 saturated carbocycles. The lowest BCUT2D eigenvalue weighted by atomic mass is 9.96. The van der Waals surface area contributed by atoms with Gasteiger partial charge in [-0.25, -0.2) is 0 Å². The SMILES string of the molecule is CCNCC1CCN(CCCCCO)CC1. The van der Waals surface area contributed by atoms with E-state index in [1.807, 2.05) is 0 Å². The van der Waals surface area contributed by atoms with Crippen molar-refractivity contribution in [3.05, 3.63) is 0 Å². The van der Waals surface area contributed by atoms with Crippen molar-refractivity contribution in [3.63, 3.8) is 0 Å². The minimum atomic E-state index is 0.352. The number of hydrogen-bond acceptors (Lipinski definition) is 3. The van der Waals surface area contributed by atoms with Crippen LogP contribution in [0.2, 0.25) is 0 Å². The molecule has 1 saturated heterocycles. The number of rotatable bonds is 8. The van der Waals surface area contributed by atoms with Crippen LogP contribution in [0.25, 0.3) is 0 Å². The summed E-state index contributed by atoms with van der Waals surface area (Å²) in [5.41, 5.74) is 0. The number of unbranched alkanes of at least 4 members (excludes halogenated alkanes) is 2. The Labute approximate surface area is 100 Å². The van der Waals surface area contributed by atoms with Gasteiger partial charge in [0.05, 0.1) is 0 Å².